The molecule has 0 saturated carbocycles. The molecule has 2 rings (SSSR count). The molecule has 2 amide bonds. The topological polar surface area (TPSA) is 210 Å². The largest absolute Gasteiger partial charge is 2.00 e. The van der Waals surface area contributed by atoms with Crippen LogP contribution in [0.4, 0.5) is 9.59 Å². The molecule has 0 heterocycles. The fraction of sp³-hybridized carbons (Fsp3) is 0.500. The summed E-state index contributed by atoms with van der Waals surface area (Å²) in [5.41, 5.74) is 0.702. The molecule has 2 aromatic carbocycles. The smallest absolute Gasteiger partial charge is 0.550 e. The first-order valence-electron chi connectivity index (χ1n) is 16.4. The summed E-state index contributed by atoms with van der Waals surface area (Å²) in [5.74, 6) is -3.46. The summed E-state index contributed by atoms with van der Waals surface area (Å²) in [5, 5.41) is 26.5. The van der Waals surface area contributed by atoms with Gasteiger partial charge in [0, 0.05) is 38.9 Å². The number of ether oxygens (including phenoxy) is 4. The van der Waals surface area contributed by atoms with Crippen LogP contribution in [-0.2, 0) is 28.5 Å². The van der Waals surface area contributed by atoms with E-state index in [1.54, 1.807) is 60.7 Å². The van der Waals surface area contributed by atoms with Crippen molar-refractivity contribution in [3.8, 4) is 0 Å². The molecule has 2 aromatic rings. The normalized spacial score (nSPS) is 12.7. The zero-order chi connectivity index (χ0) is 37.6. The molecule has 0 aromatic heterocycles. The van der Waals surface area contributed by atoms with E-state index in [1.165, 1.54) is 13.8 Å². The standard InChI is InChI=1S/2C18H25NO6.Ca/c2*1-12(2)9-14(10-16(20)21)11-19-18(23)25-13(3)24-17(22)15-7-5-4-6-8-15;/h2*4-8,12-14H,9-11H2,1-3H3,(H,19,23)(H,20,21);/q;;+2/p-2/t2*13-,14+;/m11./s1. The maximum Gasteiger partial charge on any atom is 2.00 e. The number of hydrogen-bond acceptors (Lipinski definition) is 12. The van der Waals surface area contributed by atoms with Crippen LogP contribution in [0.2, 0.25) is 0 Å². The van der Waals surface area contributed by atoms with Crippen LogP contribution in [0.1, 0.15) is 87.9 Å². The fourth-order valence-electron chi connectivity index (χ4n) is 4.76. The number of nitrogens with one attached hydrogen (secondary N) is 2. The summed E-state index contributed by atoms with van der Waals surface area (Å²) in [6.45, 7) is 11.0. The van der Waals surface area contributed by atoms with Gasteiger partial charge >= 0.3 is 61.9 Å². The number of carbonyl (C=O) groups is 6. The molecule has 0 saturated heterocycles. The van der Waals surface area contributed by atoms with E-state index in [0.717, 1.165) is 0 Å². The Hall–Kier alpha value is -3.88. The SMILES string of the molecule is CC(C)C[C@H](CNC(=O)O[C@H](C)OC(=O)c1ccccc1)CC(=O)[O-].CC(C)C[C@H](CNC(=O)O[C@H](C)OC(=O)c1ccccc1)CC(=O)[O-].[Ca+2]. The van der Waals surface area contributed by atoms with Crippen molar-refractivity contribution in [3.63, 3.8) is 0 Å². The van der Waals surface area contributed by atoms with Crippen molar-refractivity contribution in [3.05, 3.63) is 71.8 Å². The minimum Gasteiger partial charge on any atom is -0.550 e. The first kappa shape index (κ1) is 47.1. The molecule has 0 aliphatic rings. The van der Waals surface area contributed by atoms with Crippen molar-refractivity contribution in [2.75, 3.05) is 13.1 Å². The predicted molar refractivity (Wildman–Crippen MR) is 182 cm³/mol. The monoisotopic (exact) mass is 740 g/mol. The van der Waals surface area contributed by atoms with Gasteiger partial charge in [-0.05, 0) is 73.6 Å². The Morgan fingerprint density at radius 3 is 1.14 bits per heavy atom. The van der Waals surface area contributed by atoms with Gasteiger partial charge in [0.05, 0.1) is 11.1 Å². The van der Waals surface area contributed by atoms with Gasteiger partial charge in [-0.1, -0.05) is 64.1 Å². The van der Waals surface area contributed by atoms with Crippen LogP contribution in [-0.4, -0.2) is 99.5 Å². The Labute approximate surface area is 328 Å². The van der Waals surface area contributed by atoms with E-state index in [2.05, 4.69) is 10.6 Å². The number of benzene rings is 2. The van der Waals surface area contributed by atoms with Crippen molar-refractivity contribution < 1.29 is 57.9 Å². The van der Waals surface area contributed by atoms with Crippen molar-refractivity contribution in [2.45, 2.75) is 79.8 Å². The zero-order valence-electron chi connectivity index (χ0n) is 30.1. The van der Waals surface area contributed by atoms with Crippen LogP contribution in [0.5, 0.6) is 0 Å². The number of hydrogen-bond donors (Lipinski definition) is 2. The van der Waals surface area contributed by atoms with Crippen LogP contribution in [0.3, 0.4) is 0 Å². The minimum atomic E-state index is -1.16. The van der Waals surface area contributed by atoms with Crippen molar-refractivity contribution in [2.24, 2.45) is 23.7 Å². The Balaban J connectivity index is 0.000000962. The van der Waals surface area contributed by atoms with Gasteiger partial charge in [0.15, 0.2) is 0 Å². The molecule has 0 fully saturated rings. The Morgan fingerprint density at radius 2 is 0.863 bits per heavy atom. The molecule has 0 radical (unpaired) electrons. The molecule has 276 valence electrons. The van der Waals surface area contributed by atoms with E-state index in [1.807, 2.05) is 27.7 Å². The Kier molecular flexibility index (Phi) is 24.0. The minimum absolute atomic E-state index is 0. The first-order chi connectivity index (χ1) is 23.5. The number of alkyl carbamates (subject to hydrolysis) is 2. The van der Waals surface area contributed by atoms with Crippen LogP contribution in [0.15, 0.2) is 60.7 Å². The van der Waals surface area contributed by atoms with Gasteiger partial charge < -0.3 is 49.4 Å². The summed E-state index contributed by atoms with van der Waals surface area (Å²) in [6.07, 6.45) is -2.72. The molecule has 2 N–H and O–H groups in total. The predicted octanol–water partition coefficient (Wildman–Crippen LogP) is 3.06. The molecule has 0 spiro atoms. The van der Waals surface area contributed by atoms with Crippen LogP contribution in [0, 0.1) is 23.7 Å². The fourth-order valence-corrected chi connectivity index (χ4v) is 4.76. The molecule has 15 heteroatoms. The third kappa shape index (κ3) is 23.3. The van der Waals surface area contributed by atoms with Gasteiger partial charge in [0.1, 0.15) is 0 Å². The number of carboxylic acids is 2. The van der Waals surface area contributed by atoms with E-state index >= 15 is 0 Å². The molecule has 0 aliphatic carbocycles. The van der Waals surface area contributed by atoms with Crippen LogP contribution < -0.4 is 20.8 Å². The van der Waals surface area contributed by atoms with Gasteiger partial charge in [-0.15, -0.1) is 0 Å². The number of amides is 2. The van der Waals surface area contributed by atoms with E-state index in [-0.39, 0.29) is 87.3 Å². The Bertz CT molecular complexity index is 1250. The molecule has 0 unspecified atom stereocenters. The van der Waals surface area contributed by atoms with Gasteiger partial charge in [0.25, 0.3) is 0 Å². The van der Waals surface area contributed by atoms with Crippen molar-refractivity contribution in [1.29, 1.82) is 0 Å². The third-order valence-corrected chi connectivity index (χ3v) is 6.70. The van der Waals surface area contributed by atoms with Crippen molar-refractivity contribution >= 4 is 73.8 Å². The van der Waals surface area contributed by atoms with Gasteiger partial charge in [-0.3, -0.25) is 0 Å². The second kappa shape index (κ2) is 26.0. The van der Waals surface area contributed by atoms with Gasteiger partial charge in [-0.25, -0.2) is 19.2 Å². The molecule has 0 aliphatic heterocycles. The second-order valence-electron chi connectivity index (χ2n) is 12.4. The van der Waals surface area contributed by atoms with E-state index in [0.29, 0.717) is 24.0 Å². The number of aliphatic carboxylic acids is 2. The molecule has 14 nitrogen and oxygen atoms in total. The van der Waals surface area contributed by atoms with Crippen molar-refractivity contribution in [1.82, 2.24) is 10.6 Å². The summed E-state index contributed by atoms with van der Waals surface area (Å²) >= 11 is 0. The quantitative estimate of drug-likeness (QED) is 0.128. The van der Waals surface area contributed by atoms with Crippen LogP contribution >= 0.6 is 0 Å². The van der Waals surface area contributed by atoms with Crippen LogP contribution in [0.25, 0.3) is 0 Å². The third-order valence-electron chi connectivity index (χ3n) is 6.70. The van der Waals surface area contributed by atoms with E-state index in [4.69, 9.17) is 18.9 Å². The van der Waals surface area contributed by atoms with E-state index < -0.39 is 48.6 Å². The average molecular weight is 741 g/mol. The summed E-state index contributed by atoms with van der Waals surface area (Å²) in [6, 6.07) is 16.7. The number of carbonyl (C=O) groups excluding carboxylic acids is 6. The average Bonchev–Trinajstić information content (AvgIpc) is 3.02. The molecular weight excluding hydrogens is 692 g/mol. The molecule has 4 atom stereocenters. The molecule has 0 bridgehead atoms. The summed E-state index contributed by atoms with van der Waals surface area (Å²) < 4.78 is 19.9. The maximum atomic E-state index is 11.8. The van der Waals surface area contributed by atoms with E-state index in [9.17, 15) is 39.0 Å². The molecular formula is C36H48CaN2O12. The second-order valence-corrected chi connectivity index (χ2v) is 12.4. The zero-order valence-corrected chi connectivity index (χ0v) is 32.3. The van der Waals surface area contributed by atoms with Gasteiger partial charge in [-0.2, -0.15) is 0 Å². The first-order valence-corrected chi connectivity index (χ1v) is 16.4. The maximum absolute atomic E-state index is 11.8. The summed E-state index contributed by atoms with van der Waals surface area (Å²) in [4.78, 5) is 68.7. The number of esters is 2. The van der Waals surface area contributed by atoms with Gasteiger partial charge in [0.2, 0.25) is 12.6 Å². The number of carboxylic acid groups (broad SMARTS) is 2. The summed E-state index contributed by atoms with van der Waals surface area (Å²) in [7, 11) is 0. The molecule has 51 heavy (non-hydrogen) atoms. The number of rotatable bonds is 18. The Morgan fingerprint density at radius 1 is 0.549 bits per heavy atom.